The van der Waals surface area contributed by atoms with Gasteiger partial charge in [-0.15, -0.1) is 0 Å². The summed E-state index contributed by atoms with van der Waals surface area (Å²) in [7, 11) is 0. The first-order chi connectivity index (χ1) is 6.50. The first-order valence-electron chi connectivity index (χ1n) is 3.93. The van der Waals surface area contributed by atoms with Crippen molar-refractivity contribution < 1.29 is 18.3 Å². The topological polar surface area (TPSA) is 20.2 Å². The van der Waals surface area contributed by atoms with Gasteiger partial charge in [-0.2, -0.15) is 13.2 Å². The van der Waals surface area contributed by atoms with Crippen LogP contribution in [0, 0.1) is 0 Å². The molecule has 1 aromatic carbocycles. The molecule has 1 aromatic rings. The molecule has 0 radical (unpaired) electrons. The average Bonchev–Trinajstić information content (AvgIpc) is 2.15. The number of benzene rings is 1. The average molecular weight is 202 g/mol. The molecule has 0 saturated heterocycles. The van der Waals surface area contributed by atoms with Crippen molar-refractivity contribution in [3.05, 3.63) is 41.5 Å². The molecule has 76 valence electrons. The molecule has 1 rings (SSSR count). The van der Waals surface area contributed by atoms with Crippen molar-refractivity contribution in [1.29, 1.82) is 0 Å². The van der Waals surface area contributed by atoms with Gasteiger partial charge in [0.15, 0.2) is 0 Å². The second-order valence-corrected chi connectivity index (χ2v) is 2.74. The zero-order valence-corrected chi connectivity index (χ0v) is 7.30. The van der Waals surface area contributed by atoms with E-state index in [0.717, 1.165) is 6.08 Å². The number of halogens is 3. The van der Waals surface area contributed by atoms with Gasteiger partial charge in [0, 0.05) is 0 Å². The van der Waals surface area contributed by atoms with Crippen LogP contribution in [0.2, 0.25) is 0 Å². The highest BCUT2D eigenvalue weighted by atomic mass is 19.4. The molecule has 0 heterocycles. The molecule has 0 aliphatic heterocycles. The normalized spacial score (nSPS) is 11.4. The maximum Gasteiger partial charge on any atom is 0.417 e. The molecule has 0 unspecified atom stereocenters. The highest BCUT2D eigenvalue weighted by Crippen LogP contribution is 2.35. The van der Waals surface area contributed by atoms with Gasteiger partial charge in [0.2, 0.25) is 0 Å². The third-order valence-corrected chi connectivity index (χ3v) is 1.86. The Morgan fingerprint density at radius 3 is 2.43 bits per heavy atom. The van der Waals surface area contributed by atoms with Crippen LogP contribution in [0.25, 0.3) is 6.08 Å². The fourth-order valence-corrected chi connectivity index (χ4v) is 1.27. The van der Waals surface area contributed by atoms with Gasteiger partial charge in [0.1, 0.15) is 0 Å². The fraction of sp³-hybridized carbons (Fsp3) is 0.200. The molecule has 4 heteroatoms. The lowest BCUT2D eigenvalue weighted by Gasteiger charge is -2.13. The van der Waals surface area contributed by atoms with Crippen molar-refractivity contribution in [2.24, 2.45) is 0 Å². The van der Waals surface area contributed by atoms with Crippen LogP contribution in [-0.4, -0.2) is 5.11 Å². The largest absolute Gasteiger partial charge is 0.417 e. The molecule has 0 aromatic heterocycles. The Hall–Kier alpha value is -1.29. The van der Waals surface area contributed by atoms with Crippen molar-refractivity contribution in [1.82, 2.24) is 0 Å². The second kappa shape index (κ2) is 3.84. The van der Waals surface area contributed by atoms with Crippen LogP contribution in [-0.2, 0) is 12.8 Å². The van der Waals surface area contributed by atoms with E-state index in [1.165, 1.54) is 18.2 Å². The molecular formula is C10H9F3O. The summed E-state index contributed by atoms with van der Waals surface area (Å²) in [6, 6.07) is 4.02. The summed E-state index contributed by atoms with van der Waals surface area (Å²) in [5.41, 5.74) is -0.948. The number of hydrogen-bond donors (Lipinski definition) is 1. The van der Waals surface area contributed by atoms with E-state index in [-0.39, 0.29) is 11.1 Å². The smallest absolute Gasteiger partial charge is 0.392 e. The Morgan fingerprint density at radius 2 is 2.00 bits per heavy atom. The van der Waals surface area contributed by atoms with Crippen molar-refractivity contribution in [3.63, 3.8) is 0 Å². The summed E-state index contributed by atoms with van der Waals surface area (Å²) in [5.74, 6) is 0. The predicted molar refractivity (Wildman–Crippen MR) is 47.5 cm³/mol. The lowest BCUT2D eigenvalue weighted by molar-refractivity contribution is -0.138. The minimum atomic E-state index is -4.46. The standard InChI is InChI=1S/C10H9F3O/c1-2-7-4-3-5-8(6-14)9(7)10(11,12)13/h2-5,14H,1,6H2. The lowest BCUT2D eigenvalue weighted by Crippen LogP contribution is -2.11. The maximum absolute atomic E-state index is 12.5. The summed E-state index contributed by atoms with van der Waals surface area (Å²) in [6.45, 7) is 2.67. The Kier molecular flexibility index (Phi) is 2.96. The van der Waals surface area contributed by atoms with Crippen LogP contribution < -0.4 is 0 Å². The summed E-state index contributed by atoms with van der Waals surface area (Å²) < 4.78 is 37.6. The van der Waals surface area contributed by atoms with Gasteiger partial charge in [-0.05, 0) is 11.1 Å². The lowest BCUT2D eigenvalue weighted by atomic mass is 10.0. The molecular weight excluding hydrogens is 193 g/mol. The van der Waals surface area contributed by atoms with Gasteiger partial charge in [-0.25, -0.2) is 0 Å². The molecule has 0 aliphatic carbocycles. The van der Waals surface area contributed by atoms with E-state index in [0.29, 0.717) is 0 Å². The maximum atomic E-state index is 12.5. The van der Waals surface area contributed by atoms with Gasteiger partial charge in [-0.3, -0.25) is 0 Å². The van der Waals surface area contributed by atoms with E-state index in [2.05, 4.69) is 6.58 Å². The van der Waals surface area contributed by atoms with Gasteiger partial charge in [0.25, 0.3) is 0 Å². The molecule has 0 bridgehead atoms. The third-order valence-electron chi connectivity index (χ3n) is 1.86. The van der Waals surface area contributed by atoms with Crippen LogP contribution in [0.4, 0.5) is 13.2 Å². The molecule has 0 saturated carbocycles. The van der Waals surface area contributed by atoms with Gasteiger partial charge < -0.3 is 5.11 Å². The number of aliphatic hydroxyl groups is 1. The van der Waals surface area contributed by atoms with Crippen molar-refractivity contribution in [2.75, 3.05) is 0 Å². The number of hydrogen-bond acceptors (Lipinski definition) is 1. The minimum Gasteiger partial charge on any atom is -0.392 e. The zero-order chi connectivity index (χ0) is 10.8. The monoisotopic (exact) mass is 202 g/mol. The number of aliphatic hydroxyl groups excluding tert-OH is 1. The quantitative estimate of drug-likeness (QED) is 0.781. The Labute approximate surface area is 79.5 Å². The highest BCUT2D eigenvalue weighted by molar-refractivity contribution is 5.55. The van der Waals surface area contributed by atoms with E-state index < -0.39 is 18.3 Å². The van der Waals surface area contributed by atoms with Crippen molar-refractivity contribution in [3.8, 4) is 0 Å². The van der Waals surface area contributed by atoms with Crippen LogP contribution in [0.1, 0.15) is 16.7 Å². The minimum absolute atomic E-state index is 0.0101. The molecule has 0 fully saturated rings. The summed E-state index contributed by atoms with van der Waals surface area (Å²) in [4.78, 5) is 0. The molecule has 0 atom stereocenters. The Bertz CT molecular complexity index is 342. The molecule has 0 aliphatic rings. The molecule has 1 nitrogen and oxygen atoms in total. The van der Waals surface area contributed by atoms with E-state index in [1.54, 1.807) is 0 Å². The highest BCUT2D eigenvalue weighted by Gasteiger charge is 2.34. The van der Waals surface area contributed by atoms with Gasteiger partial charge in [-0.1, -0.05) is 30.9 Å². The van der Waals surface area contributed by atoms with E-state index in [9.17, 15) is 13.2 Å². The first-order valence-corrected chi connectivity index (χ1v) is 3.93. The van der Waals surface area contributed by atoms with Crippen LogP contribution in [0.15, 0.2) is 24.8 Å². The number of rotatable bonds is 2. The van der Waals surface area contributed by atoms with Crippen LogP contribution in [0.3, 0.4) is 0 Å². The molecule has 14 heavy (non-hydrogen) atoms. The first kappa shape index (κ1) is 10.8. The molecule has 1 N–H and O–H groups in total. The van der Waals surface area contributed by atoms with Crippen molar-refractivity contribution >= 4 is 6.08 Å². The zero-order valence-electron chi connectivity index (χ0n) is 7.30. The summed E-state index contributed by atoms with van der Waals surface area (Å²) in [6.07, 6.45) is -3.33. The number of alkyl halides is 3. The van der Waals surface area contributed by atoms with E-state index in [4.69, 9.17) is 5.11 Å². The predicted octanol–water partition coefficient (Wildman–Crippen LogP) is 2.84. The van der Waals surface area contributed by atoms with Crippen LogP contribution in [0.5, 0.6) is 0 Å². The van der Waals surface area contributed by atoms with Gasteiger partial charge in [0.05, 0.1) is 12.2 Å². The fourth-order valence-electron chi connectivity index (χ4n) is 1.27. The van der Waals surface area contributed by atoms with Gasteiger partial charge >= 0.3 is 6.18 Å². The summed E-state index contributed by atoms with van der Waals surface area (Å²) in [5, 5.41) is 8.77. The Balaban J connectivity index is 3.41. The second-order valence-electron chi connectivity index (χ2n) is 2.74. The molecule has 0 spiro atoms. The van der Waals surface area contributed by atoms with Crippen molar-refractivity contribution in [2.45, 2.75) is 12.8 Å². The van der Waals surface area contributed by atoms with E-state index in [1.807, 2.05) is 0 Å². The van der Waals surface area contributed by atoms with E-state index >= 15 is 0 Å². The SMILES string of the molecule is C=Cc1cccc(CO)c1C(F)(F)F. The Morgan fingerprint density at radius 1 is 1.36 bits per heavy atom. The summed E-state index contributed by atoms with van der Waals surface area (Å²) >= 11 is 0. The third kappa shape index (κ3) is 1.96. The molecule has 0 amide bonds. The van der Waals surface area contributed by atoms with Crippen LogP contribution >= 0.6 is 0 Å².